The van der Waals surface area contributed by atoms with Crippen LogP contribution in [0.5, 0.6) is 0 Å². The molecular formula is C16H19FN2. The minimum atomic E-state index is -0.302. The summed E-state index contributed by atoms with van der Waals surface area (Å²) in [7, 11) is 0. The van der Waals surface area contributed by atoms with Gasteiger partial charge in [-0.2, -0.15) is 0 Å². The van der Waals surface area contributed by atoms with E-state index in [9.17, 15) is 4.39 Å². The SMILES string of the molecule is Cc1cc(C)c(NC(C)c2cncc(F)c2)c(C)c1. The fraction of sp³-hybridized carbons (Fsp3) is 0.312. The summed E-state index contributed by atoms with van der Waals surface area (Å²) >= 11 is 0. The van der Waals surface area contributed by atoms with Crippen molar-refractivity contribution >= 4 is 5.69 Å². The molecule has 1 N–H and O–H groups in total. The molecule has 2 aromatic rings. The number of halogens is 1. The van der Waals surface area contributed by atoms with E-state index in [-0.39, 0.29) is 11.9 Å². The standard InChI is InChI=1S/C16H19FN2/c1-10-5-11(2)16(12(3)6-10)19-13(4)14-7-15(17)9-18-8-14/h5-9,13,19H,1-4H3. The van der Waals surface area contributed by atoms with Gasteiger partial charge in [-0.3, -0.25) is 4.98 Å². The van der Waals surface area contributed by atoms with E-state index in [0.29, 0.717) is 0 Å². The van der Waals surface area contributed by atoms with Gasteiger partial charge in [-0.15, -0.1) is 0 Å². The zero-order valence-electron chi connectivity index (χ0n) is 11.8. The third-order valence-corrected chi connectivity index (χ3v) is 3.26. The zero-order valence-corrected chi connectivity index (χ0v) is 11.8. The second-order valence-electron chi connectivity index (χ2n) is 5.08. The van der Waals surface area contributed by atoms with Gasteiger partial charge in [-0.05, 0) is 50.5 Å². The van der Waals surface area contributed by atoms with Gasteiger partial charge in [0.25, 0.3) is 0 Å². The molecular weight excluding hydrogens is 239 g/mol. The first kappa shape index (κ1) is 13.5. The average Bonchev–Trinajstić information content (AvgIpc) is 2.33. The van der Waals surface area contributed by atoms with Crippen LogP contribution < -0.4 is 5.32 Å². The van der Waals surface area contributed by atoms with Gasteiger partial charge in [0.1, 0.15) is 5.82 Å². The van der Waals surface area contributed by atoms with Crippen LogP contribution in [0.4, 0.5) is 10.1 Å². The van der Waals surface area contributed by atoms with Crippen LogP contribution in [-0.2, 0) is 0 Å². The molecule has 0 bridgehead atoms. The Morgan fingerprint density at radius 1 is 1.05 bits per heavy atom. The highest BCUT2D eigenvalue weighted by Crippen LogP contribution is 2.26. The van der Waals surface area contributed by atoms with E-state index >= 15 is 0 Å². The number of aromatic nitrogens is 1. The quantitative estimate of drug-likeness (QED) is 0.887. The van der Waals surface area contributed by atoms with Crippen LogP contribution in [0, 0.1) is 26.6 Å². The monoisotopic (exact) mass is 258 g/mol. The number of pyridine rings is 1. The van der Waals surface area contributed by atoms with Gasteiger partial charge in [-0.1, -0.05) is 17.7 Å². The molecule has 0 aliphatic carbocycles. The van der Waals surface area contributed by atoms with Crippen molar-refractivity contribution < 1.29 is 4.39 Å². The summed E-state index contributed by atoms with van der Waals surface area (Å²) in [6, 6.07) is 5.82. The molecule has 0 radical (unpaired) electrons. The van der Waals surface area contributed by atoms with Crippen LogP contribution in [0.25, 0.3) is 0 Å². The lowest BCUT2D eigenvalue weighted by Crippen LogP contribution is -2.09. The molecule has 1 atom stereocenters. The molecule has 0 amide bonds. The predicted molar refractivity (Wildman–Crippen MR) is 76.9 cm³/mol. The minimum absolute atomic E-state index is 0.0170. The van der Waals surface area contributed by atoms with E-state index in [1.165, 1.54) is 29.0 Å². The molecule has 2 rings (SSSR count). The van der Waals surface area contributed by atoms with Gasteiger partial charge in [0, 0.05) is 11.9 Å². The van der Waals surface area contributed by atoms with Crippen molar-refractivity contribution in [1.82, 2.24) is 4.98 Å². The van der Waals surface area contributed by atoms with Crippen molar-refractivity contribution in [2.24, 2.45) is 0 Å². The Morgan fingerprint density at radius 2 is 1.68 bits per heavy atom. The fourth-order valence-corrected chi connectivity index (χ4v) is 2.37. The van der Waals surface area contributed by atoms with Crippen molar-refractivity contribution in [2.45, 2.75) is 33.7 Å². The molecule has 1 unspecified atom stereocenters. The number of hydrogen-bond acceptors (Lipinski definition) is 2. The van der Waals surface area contributed by atoms with Gasteiger partial charge in [-0.25, -0.2) is 4.39 Å². The van der Waals surface area contributed by atoms with Crippen LogP contribution in [0.2, 0.25) is 0 Å². The number of anilines is 1. The molecule has 2 nitrogen and oxygen atoms in total. The van der Waals surface area contributed by atoms with Gasteiger partial charge < -0.3 is 5.32 Å². The molecule has 1 aromatic carbocycles. The maximum atomic E-state index is 13.2. The van der Waals surface area contributed by atoms with Crippen LogP contribution in [0.15, 0.2) is 30.6 Å². The third kappa shape index (κ3) is 3.11. The highest BCUT2D eigenvalue weighted by atomic mass is 19.1. The van der Waals surface area contributed by atoms with E-state index < -0.39 is 0 Å². The summed E-state index contributed by atoms with van der Waals surface area (Å²) in [4.78, 5) is 3.89. The molecule has 19 heavy (non-hydrogen) atoms. The Kier molecular flexibility index (Phi) is 3.84. The van der Waals surface area contributed by atoms with E-state index in [1.54, 1.807) is 6.20 Å². The van der Waals surface area contributed by atoms with Gasteiger partial charge >= 0.3 is 0 Å². The second kappa shape index (κ2) is 5.39. The fourth-order valence-electron chi connectivity index (χ4n) is 2.37. The largest absolute Gasteiger partial charge is 0.378 e. The Bertz CT molecular complexity index is 570. The number of hydrogen-bond donors (Lipinski definition) is 1. The van der Waals surface area contributed by atoms with Gasteiger partial charge in [0.2, 0.25) is 0 Å². The summed E-state index contributed by atoms with van der Waals surface area (Å²) in [6.45, 7) is 8.26. The topological polar surface area (TPSA) is 24.9 Å². The number of aryl methyl sites for hydroxylation is 3. The average molecular weight is 258 g/mol. The Hall–Kier alpha value is -1.90. The molecule has 0 aliphatic heterocycles. The molecule has 0 saturated carbocycles. The minimum Gasteiger partial charge on any atom is -0.378 e. The van der Waals surface area contributed by atoms with Crippen LogP contribution in [0.1, 0.15) is 35.2 Å². The van der Waals surface area contributed by atoms with Crippen molar-refractivity contribution in [3.63, 3.8) is 0 Å². The second-order valence-corrected chi connectivity index (χ2v) is 5.08. The normalized spacial score (nSPS) is 12.3. The first-order valence-electron chi connectivity index (χ1n) is 6.42. The molecule has 0 aliphatic rings. The van der Waals surface area contributed by atoms with Crippen molar-refractivity contribution in [1.29, 1.82) is 0 Å². The molecule has 1 aromatic heterocycles. The molecule has 0 fully saturated rings. The van der Waals surface area contributed by atoms with Crippen molar-refractivity contribution in [3.8, 4) is 0 Å². The highest BCUT2D eigenvalue weighted by Gasteiger charge is 2.10. The van der Waals surface area contributed by atoms with Crippen LogP contribution in [-0.4, -0.2) is 4.98 Å². The first-order valence-corrected chi connectivity index (χ1v) is 6.42. The lowest BCUT2D eigenvalue weighted by molar-refractivity contribution is 0.616. The summed E-state index contributed by atoms with van der Waals surface area (Å²) in [6.07, 6.45) is 2.91. The molecule has 1 heterocycles. The van der Waals surface area contributed by atoms with E-state index in [0.717, 1.165) is 11.3 Å². The van der Waals surface area contributed by atoms with E-state index in [1.807, 2.05) is 6.92 Å². The number of nitrogens with one attached hydrogen (secondary N) is 1. The Balaban J connectivity index is 2.26. The lowest BCUT2D eigenvalue weighted by Gasteiger charge is -2.19. The van der Waals surface area contributed by atoms with E-state index in [2.05, 4.69) is 43.2 Å². The number of benzene rings is 1. The highest BCUT2D eigenvalue weighted by molar-refractivity contribution is 5.59. The third-order valence-electron chi connectivity index (χ3n) is 3.26. The Morgan fingerprint density at radius 3 is 2.26 bits per heavy atom. The van der Waals surface area contributed by atoms with Crippen molar-refractivity contribution in [2.75, 3.05) is 5.32 Å². The molecule has 100 valence electrons. The molecule has 0 spiro atoms. The maximum Gasteiger partial charge on any atom is 0.141 e. The first-order chi connectivity index (χ1) is 8.97. The number of nitrogens with zero attached hydrogens (tertiary/aromatic N) is 1. The van der Waals surface area contributed by atoms with E-state index in [4.69, 9.17) is 0 Å². The summed E-state index contributed by atoms with van der Waals surface area (Å²) < 4.78 is 13.2. The molecule has 0 saturated heterocycles. The zero-order chi connectivity index (χ0) is 14.0. The van der Waals surface area contributed by atoms with Crippen LogP contribution in [0.3, 0.4) is 0 Å². The lowest BCUT2D eigenvalue weighted by atomic mass is 10.0. The predicted octanol–water partition coefficient (Wildman–Crippen LogP) is 4.32. The van der Waals surface area contributed by atoms with Crippen molar-refractivity contribution in [3.05, 3.63) is 58.7 Å². The van der Waals surface area contributed by atoms with Gasteiger partial charge in [0.15, 0.2) is 0 Å². The molecule has 3 heteroatoms. The van der Waals surface area contributed by atoms with Crippen LogP contribution >= 0.6 is 0 Å². The summed E-state index contributed by atoms with van der Waals surface area (Å²) in [5, 5.41) is 3.44. The summed E-state index contributed by atoms with van der Waals surface area (Å²) in [5.41, 5.74) is 5.62. The number of rotatable bonds is 3. The maximum absolute atomic E-state index is 13.2. The summed E-state index contributed by atoms with van der Waals surface area (Å²) in [5.74, 6) is -0.302. The Labute approximate surface area is 113 Å². The van der Waals surface area contributed by atoms with Gasteiger partial charge in [0.05, 0.1) is 12.2 Å². The smallest absolute Gasteiger partial charge is 0.141 e.